The number of nitriles is 1. The van der Waals surface area contributed by atoms with Crippen LogP contribution in [0.1, 0.15) is 24.7 Å². The average Bonchev–Trinajstić information content (AvgIpc) is 2.61. The van der Waals surface area contributed by atoms with Crippen LogP contribution in [0.25, 0.3) is 22.3 Å². The van der Waals surface area contributed by atoms with Crippen LogP contribution in [-0.2, 0) is 6.42 Å². The predicted octanol–water partition coefficient (Wildman–Crippen LogP) is 5.19. The molecule has 27 heavy (non-hydrogen) atoms. The zero-order valence-corrected chi connectivity index (χ0v) is 14.2. The molecule has 0 aliphatic carbocycles. The molecule has 0 atom stereocenters. The fourth-order valence-electron chi connectivity index (χ4n) is 2.84. The van der Waals surface area contributed by atoms with E-state index in [1.165, 1.54) is 12.1 Å². The molecule has 0 N–H and O–H groups in total. The average molecular weight is 371 g/mol. The van der Waals surface area contributed by atoms with Crippen molar-refractivity contribution < 1.29 is 17.6 Å². The van der Waals surface area contributed by atoms with Crippen LogP contribution in [0.4, 0.5) is 17.6 Å². The number of aromatic nitrogens is 2. The first-order valence-electron chi connectivity index (χ1n) is 8.14. The summed E-state index contributed by atoms with van der Waals surface area (Å²) in [4.78, 5) is 7.33. The van der Waals surface area contributed by atoms with Crippen LogP contribution >= 0.6 is 0 Å². The summed E-state index contributed by atoms with van der Waals surface area (Å²) in [5, 5.41) is 8.68. The summed E-state index contributed by atoms with van der Waals surface area (Å²) in [5.41, 5.74) is -0.693. The van der Waals surface area contributed by atoms with Crippen molar-refractivity contribution in [1.29, 1.82) is 5.26 Å². The van der Waals surface area contributed by atoms with Crippen molar-refractivity contribution in [2.45, 2.75) is 19.8 Å². The standard InChI is InChI=1S/C20H13F4N3/c1-2-3-11-4-14(21)19(15(22)5-11)12-6-16(23)20(17(24)7-12)13-9-26-18(8-25)27-10-13/h4-7,9-10H,2-3H2,1H3. The lowest BCUT2D eigenvalue weighted by Gasteiger charge is -2.11. The van der Waals surface area contributed by atoms with Gasteiger partial charge in [-0.15, -0.1) is 0 Å². The van der Waals surface area contributed by atoms with Gasteiger partial charge < -0.3 is 0 Å². The third-order valence-corrected chi connectivity index (χ3v) is 4.01. The van der Waals surface area contributed by atoms with Gasteiger partial charge in [0.2, 0.25) is 5.82 Å². The summed E-state index contributed by atoms with van der Waals surface area (Å²) >= 11 is 0. The van der Waals surface area contributed by atoms with Crippen molar-refractivity contribution in [3.8, 4) is 28.3 Å². The molecule has 0 amide bonds. The Bertz CT molecular complexity index is 994. The molecule has 0 saturated carbocycles. The van der Waals surface area contributed by atoms with Gasteiger partial charge >= 0.3 is 0 Å². The lowest BCUT2D eigenvalue weighted by atomic mass is 9.97. The Balaban J connectivity index is 2.09. The second kappa shape index (κ2) is 7.54. The number of nitrogens with zero attached hydrogens (tertiary/aromatic N) is 3. The van der Waals surface area contributed by atoms with Gasteiger partial charge in [0, 0.05) is 18.0 Å². The summed E-state index contributed by atoms with van der Waals surface area (Å²) in [5.74, 6) is -3.95. The Labute approximate surface area is 152 Å². The smallest absolute Gasteiger partial charge is 0.227 e. The Morgan fingerprint density at radius 1 is 0.815 bits per heavy atom. The molecule has 3 nitrogen and oxygen atoms in total. The highest BCUT2D eigenvalue weighted by molar-refractivity contribution is 5.72. The van der Waals surface area contributed by atoms with E-state index in [0.29, 0.717) is 18.4 Å². The molecule has 136 valence electrons. The largest absolute Gasteiger partial charge is 0.232 e. The fourth-order valence-corrected chi connectivity index (χ4v) is 2.84. The third kappa shape index (κ3) is 3.65. The highest BCUT2D eigenvalue weighted by Crippen LogP contribution is 2.33. The Morgan fingerprint density at radius 3 is 1.78 bits per heavy atom. The predicted molar refractivity (Wildman–Crippen MR) is 91.4 cm³/mol. The maximum absolute atomic E-state index is 14.5. The Kier molecular flexibility index (Phi) is 5.17. The first-order valence-corrected chi connectivity index (χ1v) is 8.14. The summed E-state index contributed by atoms with van der Waals surface area (Å²) < 4.78 is 57.8. The van der Waals surface area contributed by atoms with Crippen LogP contribution in [0.15, 0.2) is 36.7 Å². The van der Waals surface area contributed by atoms with Gasteiger partial charge in [-0.3, -0.25) is 0 Å². The van der Waals surface area contributed by atoms with Crippen molar-refractivity contribution in [1.82, 2.24) is 9.97 Å². The van der Waals surface area contributed by atoms with Crippen molar-refractivity contribution >= 4 is 0 Å². The molecule has 3 aromatic rings. The van der Waals surface area contributed by atoms with Gasteiger partial charge in [0.05, 0.1) is 11.1 Å². The molecular weight excluding hydrogens is 358 g/mol. The molecule has 0 radical (unpaired) electrons. The van der Waals surface area contributed by atoms with Gasteiger partial charge in [0.25, 0.3) is 0 Å². The van der Waals surface area contributed by atoms with Crippen molar-refractivity contribution in [2.24, 2.45) is 0 Å². The fraction of sp³-hybridized carbons (Fsp3) is 0.150. The molecule has 0 unspecified atom stereocenters. The van der Waals surface area contributed by atoms with Gasteiger partial charge in [-0.1, -0.05) is 13.3 Å². The Morgan fingerprint density at radius 2 is 1.30 bits per heavy atom. The molecule has 2 aromatic carbocycles. The number of aryl methyl sites for hydroxylation is 1. The zero-order valence-electron chi connectivity index (χ0n) is 14.2. The van der Waals surface area contributed by atoms with E-state index in [1.807, 2.05) is 6.92 Å². The topological polar surface area (TPSA) is 49.6 Å². The minimum absolute atomic E-state index is 0.00906. The van der Waals surface area contributed by atoms with Crippen LogP contribution in [0.3, 0.4) is 0 Å². The van der Waals surface area contributed by atoms with E-state index in [0.717, 1.165) is 24.5 Å². The minimum Gasteiger partial charge on any atom is -0.227 e. The maximum atomic E-state index is 14.5. The lowest BCUT2D eigenvalue weighted by Crippen LogP contribution is -1.98. The zero-order chi connectivity index (χ0) is 19.6. The van der Waals surface area contributed by atoms with Gasteiger partial charge in [0.15, 0.2) is 0 Å². The van der Waals surface area contributed by atoms with E-state index in [1.54, 1.807) is 6.07 Å². The molecule has 0 fully saturated rings. The normalized spacial score (nSPS) is 10.7. The van der Waals surface area contributed by atoms with Crippen molar-refractivity contribution in [3.05, 3.63) is 71.3 Å². The minimum atomic E-state index is -1.02. The number of hydrogen-bond acceptors (Lipinski definition) is 3. The van der Waals surface area contributed by atoms with Gasteiger partial charge in [0.1, 0.15) is 29.3 Å². The van der Waals surface area contributed by atoms with E-state index in [9.17, 15) is 17.6 Å². The summed E-state index contributed by atoms with van der Waals surface area (Å²) in [6.45, 7) is 1.88. The molecule has 0 aliphatic rings. The molecule has 0 spiro atoms. The number of benzene rings is 2. The highest BCUT2D eigenvalue weighted by Gasteiger charge is 2.19. The number of rotatable bonds is 4. The summed E-state index contributed by atoms with van der Waals surface area (Å²) in [6.07, 6.45) is 3.41. The summed E-state index contributed by atoms with van der Waals surface area (Å²) in [7, 11) is 0. The first-order chi connectivity index (χ1) is 12.9. The molecule has 7 heteroatoms. The molecule has 1 aromatic heterocycles. The first kappa shape index (κ1) is 18.5. The molecule has 3 rings (SSSR count). The quantitative estimate of drug-likeness (QED) is 0.593. The molecular formula is C20H13F4N3. The molecule has 0 bridgehead atoms. The van der Waals surface area contributed by atoms with Gasteiger partial charge in [-0.05, 0) is 41.8 Å². The number of halogens is 4. The summed E-state index contributed by atoms with van der Waals surface area (Å²) in [6, 6.07) is 5.75. The van der Waals surface area contributed by atoms with E-state index in [2.05, 4.69) is 9.97 Å². The van der Waals surface area contributed by atoms with E-state index < -0.39 is 34.4 Å². The van der Waals surface area contributed by atoms with Gasteiger partial charge in [-0.2, -0.15) is 5.26 Å². The van der Waals surface area contributed by atoms with E-state index in [-0.39, 0.29) is 17.0 Å². The van der Waals surface area contributed by atoms with E-state index in [4.69, 9.17) is 5.26 Å². The molecule has 1 heterocycles. The second-order valence-electron chi connectivity index (χ2n) is 5.91. The number of hydrogen-bond donors (Lipinski definition) is 0. The van der Waals surface area contributed by atoms with Crippen LogP contribution in [0, 0.1) is 34.6 Å². The third-order valence-electron chi connectivity index (χ3n) is 4.01. The van der Waals surface area contributed by atoms with Crippen LogP contribution in [0.5, 0.6) is 0 Å². The highest BCUT2D eigenvalue weighted by atomic mass is 19.1. The SMILES string of the molecule is CCCc1cc(F)c(-c2cc(F)c(-c3cnc(C#N)nc3)c(F)c2)c(F)c1. The van der Waals surface area contributed by atoms with E-state index >= 15 is 0 Å². The van der Waals surface area contributed by atoms with Crippen LogP contribution in [-0.4, -0.2) is 9.97 Å². The molecule has 0 aliphatic heterocycles. The van der Waals surface area contributed by atoms with Crippen LogP contribution in [0.2, 0.25) is 0 Å². The monoisotopic (exact) mass is 371 g/mol. The molecule has 0 saturated heterocycles. The van der Waals surface area contributed by atoms with Crippen molar-refractivity contribution in [3.63, 3.8) is 0 Å². The Hall–Kier alpha value is -3.27. The maximum Gasteiger partial charge on any atom is 0.232 e. The van der Waals surface area contributed by atoms with Crippen molar-refractivity contribution in [2.75, 3.05) is 0 Å². The van der Waals surface area contributed by atoms with Gasteiger partial charge in [-0.25, -0.2) is 27.5 Å². The second-order valence-corrected chi connectivity index (χ2v) is 5.91. The lowest BCUT2D eigenvalue weighted by molar-refractivity contribution is 0.579. The van der Waals surface area contributed by atoms with Crippen LogP contribution < -0.4 is 0 Å².